The SMILES string of the molecule is CCCN1C(=O)C(=O)/C(=C(/O)c2cc(OC)ccc2Cl)C1c1ccc(OCC)c(OC)c1. The lowest BCUT2D eigenvalue weighted by Gasteiger charge is -2.25. The molecule has 0 aliphatic carbocycles. The first kappa shape index (κ1) is 23.5. The number of benzene rings is 2. The van der Waals surface area contributed by atoms with Gasteiger partial charge in [0.1, 0.15) is 11.5 Å². The molecule has 0 saturated carbocycles. The van der Waals surface area contributed by atoms with Gasteiger partial charge < -0.3 is 24.2 Å². The summed E-state index contributed by atoms with van der Waals surface area (Å²) >= 11 is 6.31. The highest BCUT2D eigenvalue weighted by Gasteiger charge is 2.46. The molecule has 3 rings (SSSR count). The lowest BCUT2D eigenvalue weighted by Crippen LogP contribution is -2.30. The molecule has 170 valence electrons. The van der Waals surface area contributed by atoms with Crippen LogP contribution in [0.2, 0.25) is 5.02 Å². The third-order valence-electron chi connectivity index (χ3n) is 5.24. The zero-order valence-electron chi connectivity index (χ0n) is 18.5. The fraction of sp³-hybridized carbons (Fsp3) is 0.333. The van der Waals surface area contributed by atoms with Gasteiger partial charge in [0.2, 0.25) is 0 Å². The van der Waals surface area contributed by atoms with Crippen LogP contribution in [-0.4, -0.2) is 49.1 Å². The number of carbonyl (C=O) groups excluding carboxylic acids is 2. The number of nitrogens with zero attached hydrogens (tertiary/aromatic N) is 1. The van der Waals surface area contributed by atoms with Gasteiger partial charge in [-0.3, -0.25) is 9.59 Å². The molecule has 1 amide bonds. The minimum atomic E-state index is -0.804. The molecule has 2 aromatic rings. The number of methoxy groups -OCH3 is 2. The largest absolute Gasteiger partial charge is 0.507 e. The molecule has 1 N–H and O–H groups in total. The van der Waals surface area contributed by atoms with Crippen LogP contribution in [0.3, 0.4) is 0 Å². The van der Waals surface area contributed by atoms with Gasteiger partial charge in [0, 0.05) is 12.1 Å². The van der Waals surface area contributed by atoms with Gasteiger partial charge in [0.25, 0.3) is 11.7 Å². The molecule has 0 aromatic heterocycles. The summed E-state index contributed by atoms with van der Waals surface area (Å²) in [5.74, 6) is -0.340. The van der Waals surface area contributed by atoms with Gasteiger partial charge in [0.05, 0.1) is 37.5 Å². The molecule has 1 aliphatic rings. The van der Waals surface area contributed by atoms with Gasteiger partial charge in [0.15, 0.2) is 11.5 Å². The van der Waals surface area contributed by atoms with E-state index < -0.39 is 17.7 Å². The fourth-order valence-corrected chi connectivity index (χ4v) is 3.99. The van der Waals surface area contributed by atoms with Crippen molar-refractivity contribution in [2.75, 3.05) is 27.4 Å². The van der Waals surface area contributed by atoms with Crippen LogP contribution >= 0.6 is 11.6 Å². The number of Topliss-reactive ketones (excluding diaryl/α,β-unsaturated/α-hetero) is 1. The molecule has 1 atom stereocenters. The van der Waals surface area contributed by atoms with Crippen molar-refractivity contribution in [1.29, 1.82) is 0 Å². The van der Waals surface area contributed by atoms with E-state index in [2.05, 4.69) is 0 Å². The van der Waals surface area contributed by atoms with Gasteiger partial charge in [-0.2, -0.15) is 0 Å². The van der Waals surface area contributed by atoms with Crippen molar-refractivity contribution in [3.8, 4) is 17.2 Å². The number of likely N-dealkylation sites (tertiary alicyclic amines) is 1. The summed E-state index contributed by atoms with van der Waals surface area (Å²) in [4.78, 5) is 27.4. The van der Waals surface area contributed by atoms with Crippen LogP contribution in [0, 0.1) is 0 Å². The highest BCUT2D eigenvalue weighted by Crippen LogP contribution is 2.43. The Hall–Kier alpha value is -3.19. The van der Waals surface area contributed by atoms with Crippen molar-refractivity contribution in [3.63, 3.8) is 0 Å². The molecule has 0 radical (unpaired) electrons. The van der Waals surface area contributed by atoms with E-state index >= 15 is 0 Å². The minimum absolute atomic E-state index is 0.0372. The van der Waals surface area contributed by atoms with Crippen molar-refractivity contribution in [1.82, 2.24) is 4.90 Å². The number of ketones is 1. The number of amides is 1. The number of carbonyl (C=O) groups is 2. The Morgan fingerprint density at radius 2 is 1.81 bits per heavy atom. The normalized spacial score (nSPS) is 17.5. The van der Waals surface area contributed by atoms with Crippen LogP contribution < -0.4 is 14.2 Å². The van der Waals surface area contributed by atoms with Gasteiger partial charge in [-0.1, -0.05) is 24.6 Å². The molecular formula is C24H26ClNO6. The van der Waals surface area contributed by atoms with Crippen LogP contribution in [0.25, 0.3) is 5.76 Å². The molecule has 1 saturated heterocycles. The summed E-state index contributed by atoms with van der Waals surface area (Å²) in [7, 11) is 3.00. The second kappa shape index (κ2) is 9.96. The van der Waals surface area contributed by atoms with Crippen LogP contribution in [0.1, 0.15) is 37.4 Å². The molecule has 1 fully saturated rings. The second-order valence-corrected chi connectivity index (χ2v) is 7.59. The topological polar surface area (TPSA) is 85.3 Å². The summed E-state index contributed by atoms with van der Waals surface area (Å²) in [6.07, 6.45) is 0.637. The van der Waals surface area contributed by atoms with E-state index in [0.717, 1.165) is 0 Å². The molecule has 0 spiro atoms. The predicted molar refractivity (Wildman–Crippen MR) is 121 cm³/mol. The summed E-state index contributed by atoms with van der Waals surface area (Å²) in [5, 5.41) is 11.4. The van der Waals surface area contributed by atoms with E-state index in [1.165, 1.54) is 25.2 Å². The summed E-state index contributed by atoms with van der Waals surface area (Å²) in [6, 6.07) is 9.12. The van der Waals surface area contributed by atoms with Gasteiger partial charge in [-0.15, -0.1) is 0 Å². The van der Waals surface area contributed by atoms with Gasteiger partial charge >= 0.3 is 0 Å². The number of hydrogen-bond donors (Lipinski definition) is 1. The lowest BCUT2D eigenvalue weighted by atomic mass is 9.94. The Morgan fingerprint density at radius 1 is 1.06 bits per heavy atom. The Bertz CT molecular complexity index is 1060. The van der Waals surface area contributed by atoms with E-state index in [1.807, 2.05) is 13.8 Å². The zero-order valence-corrected chi connectivity index (χ0v) is 19.2. The lowest BCUT2D eigenvalue weighted by molar-refractivity contribution is -0.139. The number of hydrogen-bond acceptors (Lipinski definition) is 6. The summed E-state index contributed by atoms with van der Waals surface area (Å²) < 4.78 is 16.3. The van der Waals surface area contributed by atoms with Gasteiger partial charge in [-0.25, -0.2) is 0 Å². The van der Waals surface area contributed by atoms with Crippen LogP contribution in [0.4, 0.5) is 0 Å². The van der Waals surface area contributed by atoms with Gasteiger partial charge in [-0.05, 0) is 49.2 Å². The minimum Gasteiger partial charge on any atom is -0.507 e. The first-order valence-corrected chi connectivity index (χ1v) is 10.7. The Kier molecular flexibility index (Phi) is 7.30. The molecule has 1 heterocycles. The third-order valence-corrected chi connectivity index (χ3v) is 5.57. The van der Waals surface area contributed by atoms with E-state index in [-0.39, 0.29) is 21.9 Å². The average molecular weight is 460 g/mol. The summed E-state index contributed by atoms with van der Waals surface area (Å²) in [6.45, 7) is 4.57. The summed E-state index contributed by atoms with van der Waals surface area (Å²) in [5.41, 5.74) is 0.784. The van der Waals surface area contributed by atoms with Crippen molar-refractivity contribution < 1.29 is 28.9 Å². The number of rotatable bonds is 8. The number of aliphatic hydroxyl groups is 1. The van der Waals surface area contributed by atoms with Crippen LogP contribution in [0.5, 0.6) is 17.2 Å². The van der Waals surface area contributed by atoms with Crippen LogP contribution in [-0.2, 0) is 9.59 Å². The molecule has 8 heteroatoms. The van der Waals surface area contributed by atoms with E-state index in [9.17, 15) is 14.7 Å². The first-order chi connectivity index (χ1) is 15.4. The fourth-order valence-electron chi connectivity index (χ4n) is 3.79. The van der Waals surface area contributed by atoms with Crippen molar-refractivity contribution in [2.45, 2.75) is 26.3 Å². The van der Waals surface area contributed by atoms with Crippen molar-refractivity contribution in [3.05, 3.63) is 58.1 Å². The Morgan fingerprint density at radius 3 is 2.44 bits per heavy atom. The molecule has 1 aliphatic heterocycles. The Labute approximate surface area is 192 Å². The molecule has 7 nitrogen and oxygen atoms in total. The number of aliphatic hydroxyl groups excluding tert-OH is 1. The highest BCUT2D eigenvalue weighted by atomic mass is 35.5. The standard InChI is InChI=1S/C24H26ClNO6/c1-5-11-26-21(14-7-10-18(32-6-2)19(12-14)31-4)20(23(28)24(26)29)22(27)16-13-15(30-3)8-9-17(16)25/h7-10,12-13,21,27H,5-6,11H2,1-4H3/b22-20+. The number of ether oxygens (including phenoxy) is 3. The smallest absolute Gasteiger partial charge is 0.295 e. The maximum Gasteiger partial charge on any atom is 0.295 e. The van der Waals surface area contributed by atoms with Crippen molar-refractivity contribution >= 4 is 29.1 Å². The van der Waals surface area contributed by atoms with Crippen molar-refractivity contribution in [2.24, 2.45) is 0 Å². The quantitative estimate of drug-likeness (QED) is 0.353. The second-order valence-electron chi connectivity index (χ2n) is 7.18. The molecule has 32 heavy (non-hydrogen) atoms. The molecule has 2 aromatic carbocycles. The monoisotopic (exact) mass is 459 g/mol. The maximum atomic E-state index is 13.0. The number of halogens is 1. The Balaban J connectivity index is 2.23. The molecular weight excluding hydrogens is 434 g/mol. The third kappa shape index (κ3) is 4.25. The molecule has 0 bridgehead atoms. The first-order valence-electron chi connectivity index (χ1n) is 10.3. The van der Waals surface area contributed by atoms with E-state index in [4.69, 9.17) is 25.8 Å². The zero-order chi connectivity index (χ0) is 23.4. The predicted octanol–water partition coefficient (Wildman–Crippen LogP) is 4.59. The average Bonchev–Trinajstić information content (AvgIpc) is 3.04. The van der Waals surface area contributed by atoms with E-state index in [0.29, 0.717) is 42.4 Å². The maximum absolute atomic E-state index is 13.0. The molecule has 1 unspecified atom stereocenters. The van der Waals surface area contributed by atoms with E-state index in [1.54, 1.807) is 30.3 Å². The highest BCUT2D eigenvalue weighted by molar-refractivity contribution is 6.47. The van der Waals surface area contributed by atoms with Crippen LogP contribution in [0.15, 0.2) is 42.0 Å².